The van der Waals surface area contributed by atoms with Crippen LogP contribution in [0.3, 0.4) is 0 Å². The molecule has 0 aliphatic heterocycles. The van der Waals surface area contributed by atoms with Gasteiger partial charge < -0.3 is 5.32 Å². The number of benzene rings is 1. The van der Waals surface area contributed by atoms with E-state index < -0.39 is 0 Å². The number of nitrogens with one attached hydrogen (secondary N) is 1. The molecule has 0 aromatic heterocycles. The molecule has 1 aliphatic carbocycles. The first kappa shape index (κ1) is 13.6. The third kappa shape index (κ3) is 2.94. The number of hydrogen-bond acceptors (Lipinski definition) is 1. The lowest BCUT2D eigenvalue weighted by Gasteiger charge is -2.32. The molecular formula is C15H20BrNO. The zero-order chi connectivity index (χ0) is 13.2. The van der Waals surface area contributed by atoms with Gasteiger partial charge >= 0.3 is 0 Å². The van der Waals surface area contributed by atoms with Crippen LogP contribution in [0.4, 0.5) is 5.69 Å². The maximum Gasteiger partial charge on any atom is 0.230 e. The Morgan fingerprint density at radius 2 is 1.94 bits per heavy atom. The van der Waals surface area contributed by atoms with Crippen LogP contribution in [0.1, 0.15) is 44.6 Å². The first-order valence-corrected chi connectivity index (χ1v) is 7.38. The smallest absolute Gasteiger partial charge is 0.230 e. The summed E-state index contributed by atoms with van der Waals surface area (Å²) >= 11 is 3.44. The van der Waals surface area contributed by atoms with Gasteiger partial charge in [0.2, 0.25) is 5.91 Å². The van der Waals surface area contributed by atoms with Gasteiger partial charge in [0.25, 0.3) is 0 Å². The van der Waals surface area contributed by atoms with Gasteiger partial charge in [-0.05, 0) is 43.5 Å². The summed E-state index contributed by atoms with van der Waals surface area (Å²) < 4.78 is 1.04. The summed E-state index contributed by atoms with van der Waals surface area (Å²) in [5.74, 6) is 0.174. The van der Waals surface area contributed by atoms with E-state index in [1.54, 1.807) is 0 Å². The Morgan fingerprint density at radius 3 is 2.56 bits per heavy atom. The Labute approximate surface area is 117 Å². The minimum atomic E-state index is -0.183. The molecule has 0 heterocycles. The molecule has 2 nitrogen and oxygen atoms in total. The third-order valence-corrected chi connectivity index (χ3v) is 4.44. The molecule has 1 aromatic rings. The van der Waals surface area contributed by atoms with Crippen molar-refractivity contribution in [3.8, 4) is 0 Å². The van der Waals surface area contributed by atoms with Crippen molar-refractivity contribution in [1.82, 2.24) is 0 Å². The van der Waals surface area contributed by atoms with Gasteiger partial charge in [0.15, 0.2) is 0 Å². The Bertz CT molecular complexity index is 450. The molecule has 1 fully saturated rings. The summed E-state index contributed by atoms with van der Waals surface area (Å²) in [4.78, 5) is 12.4. The fourth-order valence-electron chi connectivity index (χ4n) is 2.60. The third-order valence-electron chi connectivity index (χ3n) is 3.94. The molecule has 0 spiro atoms. The normalized spacial score (nSPS) is 18.4. The van der Waals surface area contributed by atoms with E-state index in [-0.39, 0.29) is 11.3 Å². The van der Waals surface area contributed by atoms with Crippen molar-refractivity contribution in [3.63, 3.8) is 0 Å². The topological polar surface area (TPSA) is 29.1 Å². The fourth-order valence-corrected chi connectivity index (χ4v) is 3.08. The number of amides is 1. The summed E-state index contributed by atoms with van der Waals surface area (Å²) in [5.41, 5.74) is 1.84. The summed E-state index contributed by atoms with van der Waals surface area (Å²) in [6.07, 6.45) is 5.62. The van der Waals surface area contributed by atoms with Crippen LogP contribution in [0.5, 0.6) is 0 Å². The van der Waals surface area contributed by atoms with Crippen LogP contribution >= 0.6 is 15.9 Å². The van der Waals surface area contributed by atoms with Crippen molar-refractivity contribution >= 4 is 27.5 Å². The predicted molar refractivity (Wildman–Crippen MR) is 78.7 cm³/mol. The Balaban J connectivity index is 2.11. The monoisotopic (exact) mass is 309 g/mol. The number of anilines is 1. The number of rotatable bonds is 2. The van der Waals surface area contributed by atoms with Crippen LogP contribution in [0.15, 0.2) is 22.7 Å². The van der Waals surface area contributed by atoms with Crippen molar-refractivity contribution in [1.29, 1.82) is 0 Å². The van der Waals surface area contributed by atoms with Gasteiger partial charge in [-0.15, -0.1) is 0 Å². The molecule has 1 aromatic carbocycles. The van der Waals surface area contributed by atoms with Crippen LogP contribution in [-0.4, -0.2) is 5.91 Å². The summed E-state index contributed by atoms with van der Waals surface area (Å²) in [6.45, 7) is 4.11. The Kier molecular flexibility index (Phi) is 4.10. The number of carbonyl (C=O) groups is 1. The first-order chi connectivity index (χ1) is 8.51. The van der Waals surface area contributed by atoms with E-state index in [2.05, 4.69) is 28.2 Å². The molecule has 2 rings (SSSR count). The van der Waals surface area contributed by atoms with Gasteiger partial charge in [0, 0.05) is 15.6 Å². The van der Waals surface area contributed by atoms with Crippen LogP contribution in [0.25, 0.3) is 0 Å². The van der Waals surface area contributed by atoms with E-state index in [9.17, 15) is 4.79 Å². The SMILES string of the molecule is Cc1cc(Br)ccc1NC(=O)C1(C)CCCCC1. The zero-order valence-electron chi connectivity index (χ0n) is 11.1. The minimum Gasteiger partial charge on any atom is -0.325 e. The highest BCUT2D eigenvalue weighted by Gasteiger charge is 2.34. The maximum absolute atomic E-state index is 12.4. The molecule has 1 N–H and O–H groups in total. The second-order valence-corrected chi connectivity index (χ2v) is 6.45. The minimum absolute atomic E-state index is 0.174. The van der Waals surface area contributed by atoms with E-state index in [0.717, 1.165) is 28.6 Å². The quantitative estimate of drug-likeness (QED) is 0.845. The van der Waals surface area contributed by atoms with Crippen molar-refractivity contribution in [2.45, 2.75) is 46.0 Å². The summed E-state index contributed by atoms with van der Waals surface area (Å²) in [6, 6.07) is 5.95. The number of carbonyl (C=O) groups excluding carboxylic acids is 1. The van der Waals surface area contributed by atoms with E-state index in [1.807, 2.05) is 25.1 Å². The highest BCUT2D eigenvalue weighted by molar-refractivity contribution is 9.10. The van der Waals surface area contributed by atoms with Crippen LogP contribution in [-0.2, 0) is 4.79 Å². The van der Waals surface area contributed by atoms with E-state index >= 15 is 0 Å². The van der Waals surface area contributed by atoms with Crippen molar-refractivity contribution in [3.05, 3.63) is 28.2 Å². The lowest BCUT2D eigenvalue weighted by molar-refractivity contribution is -0.126. The zero-order valence-corrected chi connectivity index (χ0v) is 12.6. The molecule has 0 atom stereocenters. The second-order valence-electron chi connectivity index (χ2n) is 5.53. The molecule has 0 saturated heterocycles. The Morgan fingerprint density at radius 1 is 1.28 bits per heavy atom. The number of aryl methyl sites for hydroxylation is 1. The maximum atomic E-state index is 12.4. The molecule has 98 valence electrons. The van der Waals surface area contributed by atoms with Crippen LogP contribution in [0, 0.1) is 12.3 Å². The number of halogens is 1. The fraction of sp³-hybridized carbons (Fsp3) is 0.533. The molecule has 0 radical (unpaired) electrons. The van der Waals surface area contributed by atoms with Gasteiger partial charge in [0.05, 0.1) is 0 Å². The molecule has 1 saturated carbocycles. The van der Waals surface area contributed by atoms with Crippen molar-refractivity contribution in [2.24, 2.45) is 5.41 Å². The highest BCUT2D eigenvalue weighted by atomic mass is 79.9. The Hall–Kier alpha value is -0.830. The molecular weight excluding hydrogens is 290 g/mol. The summed E-state index contributed by atoms with van der Waals surface area (Å²) in [5, 5.41) is 3.09. The lowest BCUT2D eigenvalue weighted by Crippen LogP contribution is -2.35. The molecule has 0 unspecified atom stereocenters. The molecule has 3 heteroatoms. The van der Waals surface area contributed by atoms with E-state index in [4.69, 9.17) is 0 Å². The second kappa shape index (κ2) is 5.43. The predicted octanol–water partition coefficient (Wildman–Crippen LogP) is 4.67. The first-order valence-electron chi connectivity index (χ1n) is 6.59. The number of hydrogen-bond donors (Lipinski definition) is 1. The standard InChI is InChI=1S/C15H20BrNO/c1-11-10-12(16)6-7-13(11)17-14(18)15(2)8-4-3-5-9-15/h6-7,10H,3-5,8-9H2,1-2H3,(H,17,18). The van der Waals surface area contributed by atoms with Gasteiger partial charge in [-0.3, -0.25) is 4.79 Å². The molecule has 1 amide bonds. The van der Waals surface area contributed by atoms with Crippen LogP contribution < -0.4 is 5.32 Å². The lowest BCUT2D eigenvalue weighted by atomic mass is 9.75. The van der Waals surface area contributed by atoms with Crippen LogP contribution in [0.2, 0.25) is 0 Å². The van der Waals surface area contributed by atoms with Gasteiger partial charge in [-0.2, -0.15) is 0 Å². The van der Waals surface area contributed by atoms with Crippen molar-refractivity contribution < 1.29 is 4.79 Å². The molecule has 1 aliphatic rings. The molecule has 18 heavy (non-hydrogen) atoms. The van der Waals surface area contributed by atoms with Gasteiger partial charge in [0.1, 0.15) is 0 Å². The van der Waals surface area contributed by atoms with E-state index in [0.29, 0.717) is 0 Å². The average molecular weight is 310 g/mol. The largest absolute Gasteiger partial charge is 0.325 e. The highest BCUT2D eigenvalue weighted by Crippen LogP contribution is 2.37. The molecule has 0 bridgehead atoms. The van der Waals surface area contributed by atoms with Gasteiger partial charge in [-0.25, -0.2) is 0 Å². The summed E-state index contributed by atoms with van der Waals surface area (Å²) in [7, 11) is 0. The van der Waals surface area contributed by atoms with Crippen molar-refractivity contribution in [2.75, 3.05) is 5.32 Å². The van der Waals surface area contributed by atoms with Gasteiger partial charge in [-0.1, -0.05) is 42.1 Å². The average Bonchev–Trinajstić information content (AvgIpc) is 2.33. The van der Waals surface area contributed by atoms with E-state index in [1.165, 1.54) is 19.3 Å².